The number of fused-ring (bicyclic) bond motifs is 2. The van der Waals surface area contributed by atoms with Crippen molar-refractivity contribution in [3.63, 3.8) is 0 Å². The number of halogens is 1. The van der Waals surface area contributed by atoms with Gasteiger partial charge in [-0.15, -0.1) is 0 Å². The molecule has 0 bridgehead atoms. The number of imide groups is 1. The molecule has 2 N–H and O–H groups in total. The van der Waals surface area contributed by atoms with E-state index in [1.54, 1.807) is 12.1 Å². The Kier molecular flexibility index (Phi) is 4.31. The average Bonchev–Trinajstić information content (AvgIpc) is 2.89. The van der Waals surface area contributed by atoms with Gasteiger partial charge in [-0.2, -0.15) is 0 Å². The minimum atomic E-state index is -1.09. The standard InChI is InChI=1S/C19H17ClN4O3/c20-16-14(8-4-10-21-16)22-15(25)11-24-17(26)19(23-18(24)27)9-3-6-12-5-1-2-7-13(12)19/h1-2,4-5,7-8,10H,3,6,9,11H2,(H,22,25)(H,23,27)/t19-/m1/s1. The van der Waals surface area contributed by atoms with Gasteiger partial charge in [-0.05, 0) is 42.5 Å². The Morgan fingerprint density at radius 2 is 2.07 bits per heavy atom. The molecule has 8 heteroatoms. The van der Waals surface area contributed by atoms with Crippen LogP contribution in [0.4, 0.5) is 10.5 Å². The number of carbonyl (C=O) groups is 3. The second-order valence-corrected chi connectivity index (χ2v) is 6.99. The van der Waals surface area contributed by atoms with Gasteiger partial charge in [0.15, 0.2) is 5.15 Å². The highest BCUT2D eigenvalue weighted by Crippen LogP contribution is 2.39. The highest BCUT2D eigenvalue weighted by atomic mass is 35.5. The topological polar surface area (TPSA) is 91.4 Å². The lowest BCUT2D eigenvalue weighted by Crippen LogP contribution is -2.47. The summed E-state index contributed by atoms with van der Waals surface area (Å²) in [5, 5.41) is 5.55. The van der Waals surface area contributed by atoms with Crippen molar-refractivity contribution in [2.75, 3.05) is 11.9 Å². The molecule has 1 aromatic heterocycles. The van der Waals surface area contributed by atoms with E-state index in [9.17, 15) is 14.4 Å². The van der Waals surface area contributed by atoms with Crippen LogP contribution in [0.25, 0.3) is 0 Å². The first-order valence-corrected chi connectivity index (χ1v) is 9.02. The van der Waals surface area contributed by atoms with Gasteiger partial charge in [0.25, 0.3) is 5.91 Å². The van der Waals surface area contributed by atoms with Crippen molar-refractivity contribution >= 4 is 35.1 Å². The van der Waals surface area contributed by atoms with Gasteiger partial charge in [-0.25, -0.2) is 9.78 Å². The van der Waals surface area contributed by atoms with Crippen LogP contribution in [-0.2, 0) is 21.5 Å². The Morgan fingerprint density at radius 1 is 1.26 bits per heavy atom. The third-order valence-electron chi connectivity index (χ3n) is 4.99. The highest BCUT2D eigenvalue weighted by molar-refractivity contribution is 6.32. The molecule has 1 atom stereocenters. The fraction of sp³-hybridized carbons (Fsp3) is 0.263. The maximum absolute atomic E-state index is 13.1. The normalized spacial score (nSPS) is 21.1. The zero-order chi connectivity index (χ0) is 19.0. The van der Waals surface area contributed by atoms with Gasteiger partial charge in [0.2, 0.25) is 5.91 Å². The molecule has 1 aliphatic heterocycles. The van der Waals surface area contributed by atoms with Crippen molar-refractivity contribution in [2.24, 2.45) is 0 Å². The van der Waals surface area contributed by atoms with Crippen LogP contribution in [0, 0.1) is 0 Å². The van der Waals surface area contributed by atoms with E-state index in [2.05, 4.69) is 15.6 Å². The Morgan fingerprint density at radius 3 is 2.89 bits per heavy atom. The average molecular weight is 385 g/mol. The first-order chi connectivity index (χ1) is 13.0. The molecule has 2 heterocycles. The van der Waals surface area contributed by atoms with E-state index in [0.717, 1.165) is 28.9 Å². The molecule has 2 aromatic rings. The van der Waals surface area contributed by atoms with Crippen LogP contribution in [-0.4, -0.2) is 34.3 Å². The number of nitrogens with zero attached hydrogens (tertiary/aromatic N) is 2. The molecule has 1 aromatic carbocycles. The number of nitrogens with one attached hydrogen (secondary N) is 2. The number of rotatable bonds is 3. The van der Waals surface area contributed by atoms with E-state index in [1.165, 1.54) is 6.20 Å². The van der Waals surface area contributed by atoms with E-state index in [1.807, 2.05) is 24.3 Å². The van der Waals surface area contributed by atoms with Crippen molar-refractivity contribution < 1.29 is 14.4 Å². The number of aryl methyl sites for hydroxylation is 1. The molecule has 7 nitrogen and oxygen atoms in total. The fourth-order valence-electron chi connectivity index (χ4n) is 3.77. The molecule has 1 aliphatic carbocycles. The Balaban J connectivity index is 1.56. The molecular weight excluding hydrogens is 368 g/mol. The number of hydrogen-bond acceptors (Lipinski definition) is 4. The second kappa shape index (κ2) is 6.66. The number of anilines is 1. The Bertz CT molecular complexity index is 948. The monoisotopic (exact) mass is 384 g/mol. The summed E-state index contributed by atoms with van der Waals surface area (Å²) in [5.74, 6) is -0.915. The molecule has 138 valence electrons. The van der Waals surface area contributed by atoms with Gasteiger partial charge in [-0.1, -0.05) is 35.9 Å². The molecule has 0 radical (unpaired) electrons. The summed E-state index contributed by atoms with van der Waals surface area (Å²) >= 11 is 5.93. The smallest absolute Gasteiger partial charge is 0.322 e. The van der Waals surface area contributed by atoms with E-state index < -0.39 is 23.4 Å². The largest absolute Gasteiger partial charge is 0.325 e. The lowest BCUT2D eigenvalue weighted by molar-refractivity contribution is -0.134. The molecule has 27 heavy (non-hydrogen) atoms. The first kappa shape index (κ1) is 17.5. The number of hydrogen-bond donors (Lipinski definition) is 2. The number of pyridine rings is 1. The summed E-state index contributed by atoms with van der Waals surface area (Å²) in [6.07, 6.45) is 3.66. The van der Waals surface area contributed by atoms with E-state index >= 15 is 0 Å². The lowest BCUT2D eigenvalue weighted by atomic mass is 9.76. The van der Waals surface area contributed by atoms with Gasteiger partial charge in [0.05, 0.1) is 5.69 Å². The van der Waals surface area contributed by atoms with Gasteiger partial charge in [0, 0.05) is 6.20 Å². The van der Waals surface area contributed by atoms with Gasteiger partial charge in [0.1, 0.15) is 12.1 Å². The Labute approximate surface area is 160 Å². The summed E-state index contributed by atoms with van der Waals surface area (Å²) in [5.41, 5.74) is 1.10. The number of carbonyl (C=O) groups excluding carboxylic acids is 3. The summed E-state index contributed by atoms with van der Waals surface area (Å²) in [7, 11) is 0. The molecule has 0 unspecified atom stereocenters. The van der Waals surface area contributed by atoms with Crippen LogP contribution < -0.4 is 10.6 Å². The van der Waals surface area contributed by atoms with Crippen LogP contribution in [0.2, 0.25) is 5.15 Å². The predicted octanol–water partition coefficient (Wildman–Crippen LogP) is 2.46. The van der Waals surface area contributed by atoms with Crippen LogP contribution >= 0.6 is 11.6 Å². The third-order valence-corrected chi connectivity index (χ3v) is 5.29. The fourth-order valence-corrected chi connectivity index (χ4v) is 3.93. The number of aromatic nitrogens is 1. The quantitative estimate of drug-likeness (QED) is 0.628. The van der Waals surface area contributed by atoms with E-state index in [0.29, 0.717) is 12.1 Å². The minimum Gasteiger partial charge on any atom is -0.322 e. The zero-order valence-corrected chi connectivity index (χ0v) is 15.1. The number of urea groups is 1. The number of benzene rings is 1. The molecule has 4 rings (SSSR count). The molecule has 1 fully saturated rings. The number of amides is 4. The van der Waals surface area contributed by atoms with E-state index in [4.69, 9.17) is 11.6 Å². The maximum Gasteiger partial charge on any atom is 0.325 e. The molecule has 0 saturated carbocycles. The van der Waals surface area contributed by atoms with Crippen molar-refractivity contribution in [3.05, 3.63) is 58.9 Å². The van der Waals surface area contributed by atoms with Crippen LogP contribution in [0.5, 0.6) is 0 Å². The molecule has 2 aliphatic rings. The zero-order valence-electron chi connectivity index (χ0n) is 14.4. The lowest BCUT2D eigenvalue weighted by Gasteiger charge is -2.33. The van der Waals surface area contributed by atoms with Crippen molar-refractivity contribution in [1.82, 2.24) is 15.2 Å². The van der Waals surface area contributed by atoms with Gasteiger partial charge < -0.3 is 10.6 Å². The van der Waals surface area contributed by atoms with Crippen LogP contribution in [0.15, 0.2) is 42.6 Å². The minimum absolute atomic E-state index is 0.140. The van der Waals surface area contributed by atoms with Crippen molar-refractivity contribution in [3.8, 4) is 0 Å². The van der Waals surface area contributed by atoms with Gasteiger partial charge >= 0.3 is 6.03 Å². The Hall–Kier alpha value is -2.93. The first-order valence-electron chi connectivity index (χ1n) is 8.64. The van der Waals surface area contributed by atoms with Crippen LogP contribution in [0.3, 0.4) is 0 Å². The summed E-state index contributed by atoms with van der Waals surface area (Å²) < 4.78 is 0. The summed E-state index contributed by atoms with van der Waals surface area (Å²) in [6.45, 7) is -0.389. The predicted molar refractivity (Wildman–Crippen MR) is 99.2 cm³/mol. The SMILES string of the molecule is O=C(CN1C(=O)N[C@@]2(CCCc3ccccc32)C1=O)Nc1cccnc1Cl. The van der Waals surface area contributed by atoms with E-state index in [-0.39, 0.29) is 11.7 Å². The summed E-state index contributed by atoms with van der Waals surface area (Å²) in [6, 6.07) is 10.3. The van der Waals surface area contributed by atoms with Crippen molar-refractivity contribution in [2.45, 2.75) is 24.8 Å². The maximum atomic E-state index is 13.1. The summed E-state index contributed by atoms with van der Waals surface area (Å²) in [4.78, 5) is 42.8. The van der Waals surface area contributed by atoms with Crippen molar-refractivity contribution in [1.29, 1.82) is 0 Å². The molecule has 1 saturated heterocycles. The molecular formula is C19H17ClN4O3. The second-order valence-electron chi connectivity index (χ2n) is 6.63. The molecule has 1 spiro atoms. The third kappa shape index (κ3) is 2.94. The van der Waals surface area contributed by atoms with Gasteiger partial charge in [-0.3, -0.25) is 14.5 Å². The van der Waals surface area contributed by atoms with Crippen LogP contribution in [0.1, 0.15) is 24.0 Å². The highest BCUT2D eigenvalue weighted by Gasteiger charge is 2.54. The molecule has 4 amide bonds.